The lowest BCUT2D eigenvalue weighted by atomic mass is 9.49. The Bertz CT molecular complexity index is 2120. The monoisotopic (exact) mass is 820 g/mol. The molecule has 0 spiro atoms. The largest absolute Gasteiger partial charge is 0.495 e. The van der Waals surface area contributed by atoms with Crippen LogP contribution in [0, 0.1) is 23.2 Å². The zero-order valence-corrected chi connectivity index (χ0v) is 35.3. The minimum atomic E-state index is -0.750. The second-order valence-corrected chi connectivity index (χ2v) is 17.2. The molecule has 1 aliphatic carbocycles. The number of carbonyl (C=O) groups excluding carboxylic acids is 4. The van der Waals surface area contributed by atoms with Crippen LogP contribution in [0.4, 0.5) is 11.4 Å². The van der Waals surface area contributed by atoms with Crippen LogP contribution in [0.3, 0.4) is 0 Å². The predicted octanol–water partition coefficient (Wildman–Crippen LogP) is 3.86. The van der Waals surface area contributed by atoms with Crippen LogP contribution in [-0.2, 0) is 14.3 Å². The van der Waals surface area contributed by atoms with E-state index in [-0.39, 0.29) is 53.7 Å². The van der Waals surface area contributed by atoms with Crippen molar-refractivity contribution in [3.8, 4) is 29.6 Å². The van der Waals surface area contributed by atoms with Gasteiger partial charge in [0.05, 0.1) is 38.2 Å². The average Bonchev–Trinajstić information content (AvgIpc) is 3.25. The van der Waals surface area contributed by atoms with Crippen LogP contribution in [0.5, 0.6) is 17.2 Å². The summed E-state index contributed by atoms with van der Waals surface area (Å²) < 4.78 is 23.9. The van der Waals surface area contributed by atoms with Crippen molar-refractivity contribution < 1.29 is 38.1 Å². The van der Waals surface area contributed by atoms with Crippen LogP contribution in [0.1, 0.15) is 66.8 Å². The highest BCUT2D eigenvalue weighted by Gasteiger charge is 2.64. The molecule has 14 nitrogen and oxygen atoms in total. The highest BCUT2D eigenvalue weighted by Crippen LogP contribution is 2.55. The van der Waals surface area contributed by atoms with Gasteiger partial charge in [0, 0.05) is 92.0 Å². The Balaban J connectivity index is 0.887. The number of carbonyl (C=O) groups is 4. The third-order valence-electron chi connectivity index (χ3n) is 12.5. The van der Waals surface area contributed by atoms with Crippen molar-refractivity contribution in [3.63, 3.8) is 0 Å². The topological polar surface area (TPSA) is 151 Å². The van der Waals surface area contributed by atoms with Gasteiger partial charge in [0.2, 0.25) is 11.8 Å². The maximum Gasteiger partial charge on any atom is 0.252 e. The SMILES string of the molecule is C#Cc1ccc(OC2C(C)(C)C(NC(=O)c3ccc(N4CCO[C@@H](CN5CCN(c6ccc(C(=O)NC7CCC(=O)NC7=O)cc6OC)CC5)C4)cc3)C2(C)C)cc1OC. The van der Waals surface area contributed by atoms with Crippen molar-refractivity contribution >= 4 is 35.0 Å². The van der Waals surface area contributed by atoms with E-state index in [1.165, 1.54) is 0 Å². The van der Waals surface area contributed by atoms with Crippen LogP contribution in [0.2, 0.25) is 0 Å². The van der Waals surface area contributed by atoms with E-state index in [4.69, 9.17) is 25.4 Å². The molecular formula is C46H56N6O8. The molecule has 0 bridgehead atoms. The lowest BCUT2D eigenvalue weighted by molar-refractivity contribution is -0.164. The minimum Gasteiger partial charge on any atom is -0.495 e. The third kappa shape index (κ3) is 8.74. The van der Waals surface area contributed by atoms with Gasteiger partial charge in [-0.2, -0.15) is 0 Å². The molecular weight excluding hydrogens is 765 g/mol. The number of terminal acetylenes is 1. The maximum atomic E-state index is 13.6. The van der Waals surface area contributed by atoms with Crippen LogP contribution in [-0.4, -0.2) is 119 Å². The first kappa shape index (κ1) is 42.3. The number of methoxy groups -OCH3 is 2. The molecule has 3 aliphatic heterocycles. The van der Waals surface area contributed by atoms with E-state index in [2.05, 4.69) is 64.3 Å². The third-order valence-corrected chi connectivity index (χ3v) is 12.5. The highest BCUT2D eigenvalue weighted by atomic mass is 16.5. The molecule has 0 aromatic heterocycles. The quantitative estimate of drug-likeness (QED) is 0.181. The van der Waals surface area contributed by atoms with Gasteiger partial charge < -0.3 is 39.4 Å². The van der Waals surface area contributed by atoms with Gasteiger partial charge in [0.25, 0.3) is 11.8 Å². The standard InChI is InChI=1S/C46H56N6O8/c1-8-29-11-15-33(26-37(29)57-6)60-44-45(2,3)43(46(44,4)5)49-40(54)30-9-13-32(14-10-30)52-23-24-59-34(28-52)27-50-19-21-51(22-20-50)36-17-12-31(25-38(36)58-7)41(55)47-35-16-18-39(53)48-42(35)56/h1,9-15,17,25-26,34-35,43-44H,16,18-24,27-28H2,2-7H3,(H,47,55)(H,49,54)(H,48,53,56)/t34-,35?,43?,44?/m0/s1. The van der Waals surface area contributed by atoms with E-state index in [0.29, 0.717) is 40.5 Å². The number of piperazine rings is 1. The van der Waals surface area contributed by atoms with Crippen molar-refractivity contribution in [1.29, 1.82) is 0 Å². The fourth-order valence-corrected chi connectivity index (χ4v) is 9.51. The molecule has 3 N–H and O–H groups in total. The van der Waals surface area contributed by atoms with Gasteiger partial charge in [-0.25, -0.2) is 0 Å². The van der Waals surface area contributed by atoms with Crippen LogP contribution in [0.15, 0.2) is 60.7 Å². The lowest BCUT2D eigenvalue weighted by Crippen LogP contribution is -2.74. The Hall–Kier alpha value is -5.78. The Labute approximate surface area is 352 Å². The molecule has 4 amide bonds. The van der Waals surface area contributed by atoms with E-state index in [9.17, 15) is 19.2 Å². The number of ether oxygens (including phenoxy) is 4. The molecule has 4 fully saturated rings. The highest BCUT2D eigenvalue weighted by molar-refractivity contribution is 6.04. The number of amides is 4. The van der Waals surface area contributed by atoms with Crippen molar-refractivity contribution in [1.82, 2.24) is 20.9 Å². The summed E-state index contributed by atoms with van der Waals surface area (Å²) in [5.74, 6) is 3.13. The average molecular weight is 821 g/mol. The van der Waals surface area contributed by atoms with E-state index >= 15 is 0 Å². The second-order valence-electron chi connectivity index (χ2n) is 17.2. The van der Waals surface area contributed by atoms with Crippen molar-refractivity contribution in [2.45, 2.75) is 64.8 Å². The Morgan fingerprint density at radius 3 is 2.20 bits per heavy atom. The maximum absolute atomic E-state index is 13.6. The molecule has 3 aromatic rings. The zero-order chi connectivity index (χ0) is 42.8. The number of nitrogens with one attached hydrogen (secondary N) is 3. The summed E-state index contributed by atoms with van der Waals surface area (Å²) in [6.45, 7) is 14.6. The molecule has 60 heavy (non-hydrogen) atoms. The number of benzene rings is 3. The summed E-state index contributed by atoms with van der Waals surface area (Å²) in [5.41, 5.74) is 2.92. The summed E-state index contributed by atoms with van der Waals surface area (Å²) >= 11 is 0. The molecule has 3 heterocycles. The molecule has 318 valence electrons. The molecule has 3 saturated heterocycles. The Morgan fingerprint density at radius 1 is 0.850 bits per heavy atom. The van der Waals surface area contributed by atoms with Crippen molar-refractivity contribution in [2.24, 2.45) is 10.8 Å². The Morgan fingerprint density at radius 2 is 1.53 bits per heavy atom. The fourth-order valence-electron chi connectivity index (χ4n) is 9.51. The summed E-state index contributed by atoms with van der Waals surface area (Å²) in [6, 6.07) is 17.7. The first-order valence-electron chi connectivity index (χ1n) is 20.6. The molecule has 2 atom stereocenters. The van der Waals surface area contributed by atoms with Gasteiger partial charge in [-0.05, 0) is 61.0 Å². The van der Waals surface area contributed by atoms with Gasteiger partial charge in [0.15, 0.2) is 0 Å². The van der Waals surface area contributed by atoms with E-state index in [1.807, 2.05) is 48.5 Å². The molecule has 14 heteroatoms. The van der Waals surface area contributed by atoms with Gasteiger partial charge in [-0.15, -0.1) is 6.42 Å². The molecule has 7 rings (SSSR count). The first-order valence-corrected chi connectivity index (χ1v) is 20.6. The van der Waals surface area contributed by atoms with Crippen LogP contribution >= 0.6 is 0 Å². The number of anilines is 2. The number of imide groups is 1. The minimum absolute atomic E-state index is 0.0274. The summed E-state index contributed by atoms with van der Waals surface area (Å²) in [5, 5.41) is 8.30. The zero-order valence-electron chi connectivity index (χ0n) is 35.3. The molecule has 1 saturated carbocycles. The summed E-state index contributed by atoms with van der Waals surface area (Å²) in [7, 11) is 3.16. The summed E-state index contributed by atoms with van der Waals surface area (Å²) in [4.78, 5) is 57.2. The number of rotatable bonds is 12. The van der Waals surface area contributed by atoms with Gasteiger partial charge >= 0.3 is 0 Å². The predicted molar refractivity (Wildman–Crippen MR) is 228 cm³/mol. The molecule has 0 radical (unpaired) electrons. The Kier molecular flexibility index (Phi) is 12.3. The number of hydrogen-bond acceptors (Lipinski definition) is 11. The number of hydrogen-bond donors (Lipinski definition) is 3. The molecule has 1 unspecified atom stereocenters. The fraction of sp³-hybridized carbons (Fsp3) is 0.478. The first-order chi connectivity index (χ1) is 28.7. The van der Waals surface area contributed by atoms with E-state index in [0.717, 1.165) is 57.2 Å². The van der Waals surface area contributed by atoms with Crippen LogP contribution in [0.25, 0.3) is 0 Å². The normalized spacial score (nSPS) is 23.7. The van der Waals surface area contributed by atoms with Gasteiger partial charge in [0.1, 0.15) is 29.4 Å². The summed E-state index contributed by atoms with van der Waals surface area (Å²) in [6.07, 6.45) is 5.94. The van der Waals surface area contributed by atoms with Crippen molar-refractivity contribution in [2.75, 3.05) is 76.4 Å². The van der Waals surface area contributed by atoms with E-state index < -0.39 is 17.9 Å². The second kappa shape index (κ2) is 17.4. The van der Waals surface area contributed by atoms with Gasteiger partial charge in [-0.1, -0.05) is 33.6 Å². The van der Waals surface area contributed by atoms with Gasteiger partial charge in [-0.3, -0.25) is 29.4 Å². The van der Waals surface area contributed by atoms with E-state index in [1.54, 1.807) is 26.4 Å². The molecule has 4 aliphatic rings. The number of piperidine rings is 1. The smallest absolute Gasteiger partial charge is 0.252 e. The lowest BCUT2D eigenvalue weighted by Gasteiger charge is -2.63. The molecule has 3 aromatic carbocycles. The van der Waals surface area contributed by atoms with Crippen molar-refractivity contribution in [3.05, 3.63) is 77.4 Å². The van der Waals surface area contributed by atoms with Crippen LogP contribution < -0.4 is 40.0 Å². The number of nitrogens with zero attached hydrogens (tertiary/aromatic N) is 3. The number of morpholine rings is 1.